The monoisotopic (exact) mass is 724 g/mol. The molecule has 0 atom stereocenters. The Bertz CT molecular complexity index is 918. The standard InChI is InChI=1S/C48H89N3O/c1-9-11-13-15-17-19-21-23-25-27-29-31-33-35-37-39-41-45(49-50-46(52)48(5,6)43-47(3,4)44-51(7)8)42-40-38-36-34-32-30-28-26-24-22-20-18-16-14-12-10-2/h17-20,23-26H,9-16,21-22,27-44H2,1-8H3,(H,50,52)/b19-17-,20-18-,25-23-,26-24-. The van der Waals surface area contributed by atoms with Crippen LogP contribution < -0.4 is 5.43 Å². The lowest BCUT2D eigenvalue weighted by molar-refractivity contribution is -0.131. The van der Waals surface area contributed by atoms with E-state index in [2.05, 4.69) is 115 Å². The molecule has 1 amide bonds. The molecule has 0 saturated carbocycles. The third-order valence-electron chi connectivity index (χ3n) is 9.93. The molecule has 0 spiro atoms. The highest BCUT2D eigenvalue weighted by molar-refractivity contribution is 5.87. The number of hydrogen-bond acceptors (Lipinski definition) is 3. The van der Waals surface area contributed by atoms with Gasteiger partial charge in [0.15, 0.2) is 0 Å². The highest BCUT2D eigenvalue weighted by Crippen LogP contribution is 2.34. The van der Waals surface area contributed by atoms with E-state index in [4.69, 9.17) is 5.10 Å². The fraction of sp³-hybridized carbons (Fsp3) is 0.792. The first-order chi connectivity index (χ1) is 25.0. The Balaban J connectivity index is 4.56. The fourth-order valence-corrected chi connectivity index (χ4v) is 7.34. The minimum atomic E-state index is -0.464. The molecule has 52 heavy (non-hydrogen) atoms. The SMILES string of the molecule is CCCCC/C=C\C/C=C\CCCCCCCCC(CCCCCCCC/C=C\C/C=C\CCCCC)=NNC(=O)C(C)(C)CC(C)(C)CN(C)C. The van der Waals surface area contributed by atoms with Crippen LogP contribution in [0.25, 0.3) is 0 Å². The molecular weight excluding hydrogens is 635 g/mol. The average Bonchev–Trinajstić information content (AvgIpc) is 3.08. The summed E-state index contributed by atoms with van der Waals surface area (Å²) < 4.78 is 0. The molecule has 0 aromatic carbocycles. The van der Waals surface area contributed by atoms with Gasteiger partial charge in [-0.05, 0) is 116 Å². The smallest absolute Gasteiger partial charge is 0.245 e. The van der Waals surface area contributed by atoms with Crippen LogP contribution >= 0.6 is 0 Å². The number of carbonyl (C=O) groups is 1. The van der Waals surface area contributed by atoms with Gasteiger partial charge in [0.05, 0.1) is 0 Å². The van der Waals surface area contributed by atoms with Gasteiger partial charge in [-0.2, -0.15) is 5.10 Å². The summed E-state index contributed by atoms with van der Waals surface area (Å²) in [7, 11) is 4.21. The van der Waals surface area contributed by atoms with Crippen LogP contribution in [0.3, 0.4) is 0 Å². The second kappa shape index (κ2) is 34.8. The highest BCUT2D eigenvalue weighted by Gasteiger charge is 2.35. The van der Waals surface area contributed by atoms with Gasteiger partial charge in [0.25, 0.3) is 0 Å². The lowest BCUT2D eigenvalue weighted by atomic mass is 9.74. The molecule has 0 fully saturated rings. The molecule has 4 heteroatoms. The molecule has 0 aliphatic heterocycles. The zero-order valence-corrected chi connectivity index (χ0v) is 36.2. The van der Waals surface area contributed by atoms with Gasteiger partial charge in [0.1, 0.15) is 0 Å². The Morgan fingerprint density at radius 3 is 1.29 bits per heavy atom. The molecule has 302 valence electrons. The van der Waals surface area contributed by atoms with Crippen molar-refractivity contribution in [2.24, 2.45) is 15.9 Å². The van der Waals surface area contributed by atoms with E-state index in [-0.39, 0.29) is 11.3 Å². The first-order valence-electron chi connectivity index (χ1n) is 22.1. The predicted molar refractivity (Wildman–Crippen MR) is 234 cm³/mol. The van der Waals surface area contributed by atoms with Crippen LogP contribution in [0.2, 0.25) is 0 Å². The van der Waals surface area contributed by atoms with Gasteiger partial charge in [-0.15, -0.1) is 0 Å². The third-order valence-corrected chi connectivity index (χ3v) is 9.93. The summed E-state index contributed by atoms with van der Waals surface area (Å²) in [5, 5.41) is 4.78. The number of rotatable bonds is 36. The van der Waals surface area contributed by atoms with Crippen LogP contribution in [0.5, 0.6) is 0 Å². The zero-order chi connectivity index (χ0) is 38.6. The van der Waals surface area contributed by atoms with E-state index in [1.165, 1.54) is 147 Å². The van der Waals surface area contributed by atoms with Gasteiger partial charge in [-0.3, -0.25) is 4.79 Å². The summed E-state index contributed by atoms with van der Waals surface area (Å²) in [5.74, 6) is 0.0472. The van der Waals surface area contributed by atoms with Crippen LogP contribution in [0.4, 0.5) is 0 Å². The number of unbranched alkanes of at least 4 members (excludes halogenated alkanes) is 18. The Morgan fingerprint density at radius 1 is 0.538 bits per heavy atom. The van der Waals surface area contributed by atoms with Crippen molar-refractivity contribution in [2.75, 3.05) is 20.6 Å². The first kappa shape index (κ1) is 50.1. The Kier molecular flexibility index (Phi) is 33.5. The van der Waals surface area contributed by atoms with E-state index in [1.807, 2.05) is 0 Å². The number of carbonyl (C=O) groups excluding carboxylic acids is 1. The van der Waals surface area contributed by atoms with E-state index in [9.17, 15) is 4.79 Å². The van der Waals surface area contributed by atoms with Crippen molar-refractivity contribution in [3.63, 3.8) is 0 Å². The molecule has 0 radical (unpaired) electrons. The summed E-state index contributed by atoms with van der Waals surface area (Å²) >= 11 is 0. The molecule has 0 rings (SSSR count). The number of hydrogen-bond donors (Lipinski definition) is 1. The largest absolute Gasteiger partial charge is 0.309 e. The van der Waals surface area contributed by atoms with Crippen molar-refractivity contribution in [3.05, 3.63) is 48.6 Å². The zero-order valence-electron chi connectivity index (χ0n) is 36.2. The van der Waals surface area contributed by atoms with Crippen LogP contribution in [-0.2, 0) is 4.79 Å². The summed E-state index contributed by atoms with van der Waals surface area (Å²) in [6.45, 7) is 14.1. The molecule has 0 aliphatic rings. The fourth-order valence-electron chi connectivity index (χ4n) is 7.34. The van der Waals surface area contributed by atoms with Crippen molar-refractivity contribution in [1.29, 1.82) is 0 Å². The molecule has 0 bridgehead atoms. The maximum absolute atomic E-state index is 13.3. The molecule has 0 aromatic rings. The van der Waals surface area contributed by atoms with E-state index in [0.29, 0.717) is 0 Å². The van der Waals surface area contributed by atoms with E-state index in [0.717, 1.165) is 38.6 Å². The molecule has 0 aromatic heterocycles. The minimum Gasteiger partial charge on any atom is -0.309 e. The van der Waals surface area contributed by atoms with E-state index >= 15 is 0 Å². The Hall–Kier alpha value is -1.94. The number of hydrazone groups is 1. The number of amides is 1. The summed E-state index contributed by atoms with van der Waals surface area (Å²) in [6.07, 6.45) is 51.8. The van der Waals surface area contributed by atoms with Gasteiger partial charge in [-0.1, -0.05) is 167 Å². The van der Waals surface area contributed by atoms with Crippen molar-refractivity contribution in [3.8, 4) is 0 Å². The number of nitrogens with one attached hydrogen (secondary N) is 1. The predicted octanol–water partition coefficient (Wildman–Crippen LogP) is 14.9. The minimum absolute atomic E-state index is 0.0472. The van der Waals surface area contributed by atoms with Gasteiger partial charge in [-0.25, -0.2) is 5.43 Å². The maximum Gasteiger partial charge on any atom is 0.245 e. The van der Waals surface area contributed by atoms with Gasteiger partial charge < -0.3 is 4.90 Å². The quantitative estimate of drug-likeness (QED) is 0.0303. The normalized spacial score (nSPS) is 12.8. The Labute approximate surface area is 325 Å². The molecule has 1 N–H and O–H groups in total. The molecule has 0 saturated heterocycles. The second-order valence-electron chi connectivity index (χ2n) is 17.3. The number of allylic oxidation sites excluding steroid dienone is 8. The third kappa shape index (κ3) is 33.9. The Morgan fingerprint density at radius 2 is 0.904 bits per heavy atom. The van der Waals surface area contributed by atoms with Crippen molar-refractivity contribution >= 4 is 11.6 Å². The van der Waals surface area contributed by atoms with Gasteiger partial charge in [0.2, 0.25) is 5.91 Å². The lowest BCUT2D eigenvalue weighted by Crippen LogP contribution is -2.40. The molecule has 4 nitrogen and oxygen atoms in total. The average molecular weight is 724 g/mol. The van der Waals surface area contributed by atoms with Crippen molar-refractivity contribution < 1.29 is 4.79 Å². The van der Waals surface area contributed by atoms with Gasteiger partial charge >= 0.3 is 0 Å². The van der Waals surface area contributed by atoms with E-state index < -0.39 is 5.41 Å². The summed E-state index contributed by atoms with van der Waals surface area (Å²) in [5.41, 5.74) is 3.80. The second-order valence-corrected chi connectivity index (χ2v) is 17.3. The molecular formula is C48H89N3O. The topological polar surface area (TPSA) is 44.7 Å². The van der Waals surface area contributed by atoms with Crippen LogP contribution in [0.15, 0.2) is 53.7 Å². The summed E-state index contributed by atoms with van der Waals surface area (Å²) in [4.78, 5) is 15.5. The van der Waals surface area contributed by atoms with Crippen molar-refractivity contribution in [1.82, 2.24) is 10.3 Å². The molecule has 0 heterocycles. The maximum atomic E-state index is 13.3. The lowest BCUT2D eigenvalue weighted by Gasteiger charge is -2.35. The molecule has 0 aliphatic carbocycles. The van der Waals surface area contributed by atoms with Gasteiger partial charge in [0, 0.05) is 17.7 Å². The van der Waals surface area contributed by atoms with Crippen LogP contribution in [-0.4, -0.2) is 37.2 Å². The molecule has 0 unspecified atom stereocenters. The van der Waals surface area contributed by atoms with Crippen LogP contribution in [0, 0.1) is 10.8 Å². The summed E-state index contributed by atoms with van der Waals surface area (Å²) in [6, 6.07) is 0. The van der Waals surface area contributed by atoms with Crippen molar-refractivity contribution in [2.45, 2.75) is 215 Å². The number of nitrogens with zero attached hydrogens (tertiary/aromatic N) is 2. The van der Waals surface area contributed by atoms with Crippen LogP contribution in [0.1, 0.15) is 215 Å². The van der Waals surface area contributed by atoms with E-state index in [1.54, 1.807) is 0 Å². The first-order valence-corrected chi connectivity index (χ1v) is 22.1. The highest BCUT2D eigenvalue weighted by atomic mass is 16.2.